The van der Waals surface area contributed by atoms with E-state index < -0.39 is 0 Å². The van der Waals surface area contributed by atoms with Crippen molar-refractivity contribution in [2.75, 3.05) is 7.11 Å². The topological polar surface area (TPSA) is 44.5 Å². The van der Waals surface area contributed by atoms with Crippen LogP contribution in [0.1, 0.15) is 18.1 Å². The number of hydrogen-bond donors (Lipinski definition) is 1. The first kappa shape index (κ1) is 10.8. The van der Waals surface area contributed by atoms with Crippen LogP contribution < -0.4 is 15.2 Å². The molecule has 0 bridgehead atoms. The van der Waals surface area contributed by atoms with Crippen molar-refractivity contribution in [2.24, 2.45) is 5.73 Å². The van der Waals surface area contributed by atoms with Crippen LogP contribution in [0.4, 0.5) is 0 Å². The number of hydrogen-bond acceptors (Lipinski definition) is 3. The standard InChI is InChI=1S/C11H14BrNO2/c1-6-3-8-10(12)7(5-13)4-9(14-2)11(8)15-6/h4,6H,3,5,13H2,1-2H3. The molecule has 1 aliphatic rings. The Morgan fingerprint density at radius 2 is 2.40 bits per heavy atom. The number of halogens is 1. The summed E-state index contributed by atoms with van der Waals surface area (Å²) in [4.78, 5) is 0. The van der Waals surface area contributed by atoms with E-state index >= 15 is 0 Å². The van der Waals surface area contributed by atoms with Crippen LogP contribution in [0.2, 0.25) is 0 Å². The summed E-state index contributed by atoms with van der Waals surface area (Å²) in [7, 11) is 1.65. The van der Waals surface area contributed by atoms with Crippen molar-refractivity contribution >= 4 is 15.9 Å². The highest BCUT2D eigenvalue weighted by molar-refractivity contribution is 9.10. The number of methoxy groups -OCH3 is 1. The minimum absolute atomic E-state index is 0.207. The molecule has 2 rings (SSSR count). The van der Waals surface area contributed by atoms with Gasteiger partial charge in [-0.25, -0.2) is 0 Å². The van der Waals surface area contributed by atoms with Crippen LogP contribution in [0, 0.1) is 0 Å². The van der Waals surface area contributed by atoms with E-state index in [2.05, 4.69) is 15.9 Å². The second-order valence-corrected chi connectivity index (χ2v) is 4.49. The van der Waals surface area contributed by atoms with Gasteiger partial charge in [0.15, 0.2) is 11.5 Å². The SMILES string of the molecule is COc1cc(CN)c(Br)c2c1OC(C)C2. The van der Waals surface area contributed by atoms with Crippen molar-refractivity contribution in [3.05, 3.63) is 21.7 Å². The van der Waals surface area contributed by atoms with Gasteiger partial charge in [0.2, 0.25) is 0 Å². The van der Waals surface area contributed by atoms with Crippen molar-refractivity contribution in [1.82, 2.24) is 0 Å². The van der Waals surface area contributed by atoms with Crippen LogP contribution in [-0.2, 0) is 13.0 Å². The number of rotatable bonds is 2. The molecule has 1 atom stereocenters. The van der Waals surface area contributed by atoms with Gasteiger partial charge < -0.3 is 15.2 Å². The summed E-state index contributed by atoms with van der Waals surface area (Å²) in [5.74, 6) is 1.63. The summed E-state index contributed by atoms with van der Waals surface area (Å²) < 4.78 is 12.1. The molecule has 0 amide bonds. The maximum Gasteiger partial charge on any atom is 0.166 e. The van der Waals surface area contributed by atoms with Gasteiger partial charge in [-0.3, -0.25) is 0 Å². The molecule has 4 heteroatoms. The molecule has 2 N–H and O–H groups in total. The zero-order chi connectivity index (χ0) is 11.0. The predicted octanol–water partition coefficient (Wildman–Crippen LogP) is 2.24. The number of nitrogens with two attached hydrogens (primary N) is 1. The first-order chi connectivity index (χ1) is 7.17. The summed E-state index contributed by atoms with van der Waals surface area (Å²) in [6, 6.07) is 1.93. The van der Waals surface area contributed by atoms with Gasteiger partial charge in [-0.15, -0.1) is 0 Å². The lowest BCUT2D eigenvalue weighted by Crippen LogP contribution is -2.05. The Balaban J connectivity index is 2.58. The monoisotopic (exact) mass is 271 g/mol. The van der Waals surface area contributed by atoms with Gasteiger partial charge in [-0.1, -0.05) is 15.9 Å². The molecule has 0 fully saturated rings. The first-order valence-electron chi connectivity index (χ1n) is 4.92. The highest BCUT2D eigenvalue weighted by Gasteiger charge is 2.26. The fourth-order valence-electron chi connectivity index (χ4n) is 1.87. The largest absolute Gasteiger partial charge is 0.493 e. The van der Waals surface area contributed by atoms with Gasteiger partial charge in [0.25, 0.3) is 0 Å². The van der Waals surface area contributed by atoms with Crippen LogP contribution in [0.5, 0.6) is 11.5 Å². The second kappa shape index (κ2) is 4.02. The zero-order valence-corrected chi connectivity index (χ0v) is 10.4. The zero-order valence-electron chi connectivity index (χ0n) is 8.84. The summed E-state index contributed by atoms with van der Waals surface area (Å²) in [5.41, 5.74) is 7.90. The molecule has 1 unspecified atom stereocenters. The van der Waals surface area contributed by atoms with E-state index in [1.54, 1.807) is 7.11 Å². The van der Waals surface area contributed by atoms with Gasteiger partial charge in [0.1, 0.15) is 6.10 Å². The van der Waals surface area contributed by atoms with E-state index in [-0.39, 0.29) is 6.10 Å². The van der Waals surface area contributed by atoms with E-state index in [1.165, 1.54) is 5.56 Å². The van der Waals surface area contributed by atoms with E-state index in [4.69, 9.17) is 15.2 Å². The van der Waals surface area contributed by atoms with Gasteiger partial charge in [-0.05, 0) is 18.6 Å². The molecule has 1 aliphatic heterocycles. The Bertz CT molecular complexity index is 393. The van der Waals surface area contributed by atoms with E-state index in [0.717, 1.165) is 28.0 Å². The number of benzene rings is 1. The number of fused-ring (bicyclic) bond motifs is 1. The first-order valence-corrected chi connectivity index (χ1v) is 5.71. The predicted molar refractivity (Wildman–Crippen MR) is 62.4 cm³/mol. The van der Waals surface area contributed by atoms with Gasteiger partial charge in [0.05, 0.1) is 7.11 Å². The highest BCUT2D eigenvalue weighted by atomic mass is 79.9. The Hall–Kier alpha value is -0.740. The van der Waals surface area contributed by atoms with Crippen molar-refractivity contribution in [2.45, 2.75) is 26.0 Å². The smallest absolute Gasteiger partial charge is 0.166 e. The fraction of sp³-hybridized carbons (Fsp3) is 0.455. The highest BCUT2D eigenvalue weighted by Crippen LogP contribution is 2.43. The average Bonchev–Trinajstić information content (AvgIpc) is 2.61. The molecule has 82 valence electrons. The third kappa shape index (κ3) is 1.72. The normalized spacial score (nSPS) is 18.5. The summed E-state index contributed by atoms with van der Waals surface area (Å²) in [6.07, 6.45) is 1.11. The minimum atomic E-state index is 0.207. The van der Waals surface area contributed by atoms with Crippen molar-refractivity contribution in [1.29, 1.82) is 0 Å². The molecule has 0 spiro atoms. The van der Waals surface area contributed by atoms with E-state index in [9.17, 15) is 0 Å². The molecule has 0 aromatic heterocycles. The Morgan fingerprint density at radius 3 is 3.00 bits per heavy atom. The molecule has 15 heavy (non-hydrogen) atoms. The van der Waals surface area contributed by atoms with Crippen molar-refractivity contribution < 1.29 is 9.47 Å². The molecule has 1 aromatic carbocycles. The maximum atomic E-state index is 5.71. The van der Waals surface area contributed by atoms with Crippen LogP contribution >= 0.6 is 15.9 Å². The quantitative estimate of drug-likeness (QED) is 0.898. The van der Waals surface area contributed by atoms with Crippen LogP contribution in [0.25, 0.3) is 0 Å². The molecule has 0 radical (unpaired) electrons. The van der Waals surface area contributed by atoms with Crippen molar-refractivity contribution in [3.63, 3.8) is 0 Å². The number of ether oxygens (including phenoxy) is 2. The van der Waals surface area contributed by atoms with E-state index in [1.807, 2.05) is 13.0 Å². The van der Waals surface area contributed by atoms with Crippen molar-refractivity contribution in [3.8, 4) is 11.5 Å². The average molecular weight is 272 g/mol. The Morgan fingerprint density at radius 1 is 1.67 bits per heavy atom. The molecule has 1 heterocycles. The summed E-state index contributed by atoms with van der Waals surface area (Å²) in [5, 5.41) is 0. The lowest BCUT2D eigenvalue weighted by Gasteiger charge is -2.11. The van der Waals surface area contributed by atoms with Gasteiger partial charge >= 0.3 is 0 Å². The van der Waals surface area contributed by atoms with E-state index in [0.29, 0.717) is 6.54 Å². The Kier molecular flexibility index (Phi) is 2.89. The second-order valence-electron chi connectivity index (χ2n) is 3.70. The molecule has 0 saturated heterocycles. The molecule has 0 aliphatic carbocycles. The fourth-order valence-corrected chi connectivity index (χ4v) is 2.49. The summed E-state index contributed by atoms with van der Waals surface area (Å²) in [6.45, 7) is 2.55. The third-order valence-corrected chi connectivity index (χ3v) is 3.59. The lowest BCUT2D eigenvalue weighted by molar-refractivity contribution is 0.243. The molecule has 1 aromatic rings. The van der Waals surface area contributed by atoms with Crippen LogP contribution in [0.15, 0.2) is 10.5 Å². The molecule has 0 saturated carbocycles. The molecule has 3 nitrogen and oxygen atoms in total. The molecular weight excluding hydrogens is 258 g/mol. The minimum Gasteiger partial charge on any atom is -0.493 e. The van der Waals surface area contributed by atoms with Gasteiger partial charge in [-0.2, -0.15) is 0 Å². The summed E-state index contributed by atoms with van der Waals surface area (Å²) >= 11 is 3.57. The van der Waals surface area contributed by atoms with Crippen LogP contribution in [-0.4, -0.2) is 13.2 Å². The van der Waals surface area contributed by atoms with Gasteiger partial charge in [0, 0.05) is 23.0 Å². The third-order valence-electron chi connectivity index (χ3n) is 2.60. The maximum absolute atomic E-state index is 5.71. The van der Waals surface area contributed by atoms with Crippen LogP contribution in [0.3, 0.4) is 0 Å². The molecular formula is C11H14BrNO2. The lowest BCUT2D eigenvalue weighted by atomic mass is 10.1. The Labute approximate surface area is 97.7 Å².